The van der Waals surface area contributed by atoms with Gasteiger partial charge < -0.3 is 4.74 Å². The number of amides is 1. The summed E-state index contributed by atoms with van der Waals surface area (Å²) in [7, 11) is -3.82. The number of nitrogens with zero attached hydrogens (tertiary/aromatic N) is 2. The van der Waals surface area contributed by atoms with Crippen molar-refractivity contribution in [3.63, 3.8) is 0 Å². The van der Waals surface area contributed by atoms with Crippen LogP contribution in [-0.4, -0.2) is 25.7 Å². The second-order valence-corrected chi connectivity index (χ2v) is 10.1. The minimum Gasteiger partial charge on any atom is -0.443 e. The Morgan fingerprint density at radius 3 is 2.44 bits per heavy atom. The second-order valence-electron chi connectivity index (χ2n) is 5.78. The zero-order valence-corrected chi connectivity index (χ0v) is 16.5. The van der Waals surface area contributed by atoms with Crippen molar-refractivity contribution in [1.29, 1.82) is 0 Å². The van der Waals surface area contributed by atoms with Crippen LogP contribution < -0.4 is 4.90 Å². The van der Waals surface area contributed by atoms with Crippen molar-refractivity contribution < 1.29 is 26.7 Å². The van der Waals surface area contributed by atoms with Crippen molar-refractivity contribution in [3.05, 3.63) is 39.5 Å². The van der Waals surface area contributed by atoms with Gasteiger partial charge in [-0.3, -0.25) is 0 Å². The number of benzene rings is 1. The molecule has 6 nitrogen and oxygen atoms in total. The molecule has 0 aliphatic carbocycles. The Balaban J connectivity index is 2.61. The van der Waals surface area contributed by atoms with Crippen molar-refractivity contribution in [1.82, 2.24) is 0 Å². The molecule has 136 valence electrons. The Labute approximate surface area is 154 Å². The van der Waals surface area contributed by atoms with Crippen LogP contribution in [0.3, 0.4) is 0 Å². The Hall–Kier alpha value is -1.59. The van der Waals surface area contributed by atoms with Gasteiger partial charge in [0.2, 0.25) is 9.26 Å². The summed E-state index contributed by atoms with van der Waals surface area (Å²) in [6, 6.07) is 1.65. The third-order valence-corrected chi connectivity index (χ3v) is 5.87. The molecule has 1 amide bonds. The first-order chi connectivity index (χ1) is 11.5. The number of hydrogen-bond acceptors (Lipinski definition) is 5. The van der Waals surface area contributed by atoms with Gasteiger partial charge in [-0.25, -0.2) is 23.5 Å². The highest BCUT2D eigenvalue weighted by atomic mass is 79.9. The van der Waals surface area contributed by atoms with E-state index >= 15 is 0 Å². The van der Waals surface area contributed by atoms with Crippen LogP contribution in [0.15, 0.2) is 32.8 Å². The predicted octanol–water partition coefficient (Wildman–Crippen LogP) is 3.72. The number of carbonyl (C=O) groups excluding carboxylic acids is 1. The lowest BCUT2D eigenvalue weighted by molar-refractivity contribution is 0.0591. The fourth-order valence-electron chi connectivity index (χ4n) is 1.76. The van der Waals surface area contributed by atoms with Crippen LogP contribution in [0.5, 0.6) is 0 Å². The van der Waals surface area contributed by atoms with Crippen LogP contribution >= 0.6 is 15.9 Å². The average molecular weight is 455 g/mol. The van der Waals surface area contributed by atoms with E-state index in [1.165, 1.54) is 5.41 Å². The van der Waals surface area contributed by atoms with E-state index in [0.29, 0.717) is 6.07 Å². The molecule has 0 N–H and O–H groups in total. The number of carbonyl (C=O) groups is 1. The van der Waals surface area contributed by atoms with Crippen LogP contribution in [0, 0.1) is 11.6 Å². The molecule has 0 radical (unpaired) electrons. The molecule has 1 aromatic rings. The quantitative estimate of drug-likeness (QED) is 0.638. The molecular weight excluding hydrogens is 442 g/mol. The smallest absolute Gasteiger partial charge is 0.420 e. The van der Waals surface area contributed by atoms with Gasteiger partial charge in [-0.2, -0.15) is 8.42 Å². The number of anilines is 1. The molecular formula is C14H13BrF2N2O4S2. The molecule has 1 aliphatic rings. The Morgan fingerprint density at radius 2 is 1.92 bits per heavy atom. The SMILES string of the molecule is CC(C)(C)OC(=O)N(C1=CS(=S(=O)=O)C=N1)c1cc(Br)c(F)cc1F. The molecule has 0 aromatic heterocycles. The molecule has 1 atom stereocenters. The number of hydrogen-bond donors (Lipinski definition) is 0. The molecule has 1 heterocycles. The summed E-state index contributed by atoms with van der Waals surface area (Å²) >= 11 is 2.93. The summed E-state index contributed by atoms with van der Waals surface area (Å²) in [5, 5.41) is 1.18. The van der Waals surface area contributed by atoms with Gasteiger partial charge in [0.25, 0.3) is 0 Å². The normalized spacial score (nSPS) is 16.6. The second kappa shape index (κ2) is 7.34. The molecule has 25 heavy (non-hydrogen) atoms. The number of aliphatic imine (C=N–C) groups is 1. The number of rotatable bonds is 2. The lowest BCUT2D eigenvalue weighted by Crippen LogP contribution is -2.36. The Morgan fingerprint density at radius 1 is 1.28 bits per heavy atom. The van der Waals surface area contributed by atoms with Crippen LogP contribution in [0.25, 0.3) is 0 Å². The van der Waals surface area contributed by atoms with Gasteiger partial charge in [0, 0.05) is 20.9 Å². The van der Waals surface area contributed by atoms with Gasteiger partial charge in [0.05, 0.1) is 15.7 Å². The maximum atomic E-state index is 14.3. The summed E-state index contributed by atoms with van der Waals surface area (Å²) in [6.45, 7) is 4.84. The summed E-state index contributed by atoms with van der Waals surface area (Å²) in [5.41, 5.74) is -0.102. The number of halogens is 3. The third kappa shape index (κ3) is 4.73. The van der Waals surface area contributed by atoms with Crippen molar-refractivity contribution in [3.8, 4) is 0 Å². The number of ether oxygens (including phenoxy) is 1. The molecule has 11 heteroatoms. The molecule has 0 spiro atoms. The lowest BCUT2D eigenvalue weighted by Gasteiger charge is -2.27. The molecule has 0 saturated carbocycles. The van der Waals surface area contributed by atoms with E-state index in [-0.39, 0.29) is 16.0 Å². The Kier molecular flexibility index (Phi) is 5.79. The summed E-state index contributed by atoms with van der Waals surface area (Å²) in [5.74, 6) is -2.01. The third-order valence-electron chi connectivity index (χ3n) is 2.70. The van der Waals surface area contributed by atoms with E-state index in [9.17, 15) is 22.0 Å². The summed E-state index contributed by atoms with van der Waals surface area (Å²) in [4.78, 5) is 17.2. The zero-order valence-electron chi connectivity index (χ0n) is 13.3. The zero-order chi connectivity index (χ0) is 18.9. The molecule has 0 saturated heterocycles. The van der Waals surface area contributed by atoms with Crippen molar-refractivity contribution in [2.45, 2.75) is 26.4 Å². The monoisotopic (exact) mass is 454 g/mol. The lowest BCUT2D eigenvalue weighted by atomic mass is 10.2. The Bertz CT molecular complexity index is 929. The minimum atomic E-state index is -2.47. The van der Waals surface area contributed by atoms with E-state index < -0.39 is 42.0 Å². The highest BCUT2D eigenvalue weighted by Crippen LogP contribution is 2.31. The minimum absolute atomic E-state index is 0.0774. The van der Waals surface area contributed by atoms with Crippen LogP contribution in [-0.2, 0) is 23.5 Å². The molecule has 1 aromatic carbocycles. The van der Waals surface area contributed by atoms with Crippen LogP contribution in [0.4, 0.5) is 19.3 Å². The highest BCUT2D eigenvalue weighted by molar-refractivity contribution is 9.10. The highest BCUT2D eigenvalue weighted by Gasteiger charge is 2.30. The van der Waals surface area contributed by atoms with Crippen molar-refractivity contribution >= 4 is 52.0 Å². The van der Waals surface area contributed by atoms with Crippen LogP contribution in [0.2, 0.25) is 0 Å². The summed E-state index contributed by atoms with van der Waals surface area (Å²) in [6.07, 6.45) is -0.976. The van der Waals surface area contributed by atoms with Gasteiger partial charge in [-0.1, -0.05) is 0 Å². The van der Waals surface area contributed by atoms with E-state index in [2.05, 4.69) is 20.9 Å². The maximum absolute atomic E-state index is 14.3. The maximum Gasteiger partial charge on any atom is 0.420 e. The topological polar surface area (TPSA) is 76.0 Å². The van der Waals surface area contributed by atoms with E-state index in [1.807, 2.05) is 0 Å². The predicted molar refractivity (Wildman–Crippen MR) is 95.6 cm³/mol. The summed E-state index contributed by atoms with van der Waals surface area (Å²) < 4.78 is 55.1. The largest absolute Gasteiger partial charge is 0.443 e. The standard InChI is InChI=1S/C14H13BrF2N2O4S2/c1-14(2,3)23-13(20)19(12-6-24(7-18-12)25(21)22)11-4-8(15)9(16)5-10(11)17/h4-7H,1-3H3. The molecule has 1 aliphatic heterocycles. The molecule has 2 rings (SSSR count). The van der Waals surface area contributed by atoms with Gasteiger partial charge in [0.1, 0.15) is 17.2 Å². The van der Waals surface area contributed by atoms with E-state index in [4.69, 9.17) is 4.74 Å². The fraction of sp³-hybridized carbons (Fsp3) is 0.286. The van der Waals surface area contributed by atoms with Gasteiger partial charge in [-0.05, 0) is 42.8 Å². The first-order valence-corrected chi connectivity index (χ1v) is 10.5. The van der Waals surface area contributed by atoms with Crippen molar-refractivity contribution in [2.75, 3.05) is 4.90 Å². The van der Waals surface area contributed by atoms with Gasteiger partial charge >= 0.3 is 6.09 Å². The van der Waals surface area contributed by atoms with Gasteiger partial charge in [-0.15, -0.1) is 0 Å². The molecule has 1 unspecified atom stereocenters. The van der Waals surface area contributed by atoms with E-state index in [1.54, 1.807) is 20.8 Å². The van der Waals surface area contributed by atoms with Crippen LogP contribution in [0.1, 0.15) is 20.8 Å². The molecule has 0 fully saturated rings. The fourth-order valence-corrected chi connectivity index (χ4v) is 3.72. The first kappa shape index (κ1) is 19.7. The average Bonchev–Trinajstić information content (AvgIpc) is 2.92. The first-order valence-electron chi connectivity index (χ1n) is 6.75. The van der Waals surface area contributed by atoms with Crippen molar-refractivity contribution in [2.24, 2.45) is 4.99 Å². The van der Waals surface area contributed by atoms with E-state index in [0.717, 1.165) is 16.5 Å². The van der Waals surface area contributed by atoms with Gasteiger partial charge in [0.15, 0.2) is 5.82 Å². The molecule has 0 bridgehead atoms.